The second-order valence-corrected chi connectivity index (χ2v) is 6.46. The van der Waals surface area contributed by atoms with Gasteiger partial charge in [-0.05, 0) is 36.5 Å². The third-order valence-corrected chi connectivity index (χ3v) is 4.54. The van der Waals surface area contributed by atoms with Crippen LogP contribution in [0.1, 0.15) is 59.3 Å². The van der Waals surface area contributed by atoms with E-state index in [9.17, 15) is 0 Å². The maximum Gasteiger partial charge on any atom is 0.00879 e. The molecule has 0 aromatic carbocycles. The number of alkyl halides is 1. The molecule has 0 aromatic heterocycles. The van der Waals surface area contributed by atoms with E-state index in [1.165, 1.54) is 43.9 Å². The molecular formula is C12H23Br. The van der Waals surface area contributed by atoms with Gasteiger partial charge in [0.1, 0.15) is 0 Å². The van der Waals surface area contributed by atoms with Gasteiger partial charge in [-0.3, -0.25) is 0 Å². The summed E-state index contributed by atoms with van der Waals surface area (Å²) in [6.07, 6.45) is 8.61. The van der Waals surface area contributed by atoms with Crippen molar-refractivity contribution in [3.63, 3.8) is 0 Å². The lowest BCUT2D eigenvalue weighted by Gasteiger charge is -2.30. The Balaban J connectivity index is 2.40. The summed E-state index contributed by atoms with van der Waals surface area (Å²) in [5, 5.41) is 1.22. The van der Waals surface area contributed by atoms with Crippen LogP contribution in [0, 0.1) is 10.8 Å². The topological polar surface area (TPSA) is 0 Å². The van der Waals surface area contributed by atoms with Gasteiger partial charge in [-0.1, -0.05) is 49.5 Å². The predicted molar refractivity (Wildman–Crippen MR) is 63.4 cm³/mol. The summed E-state index contributed by atoms with van der Waals surface area (Å²) in [6.45, 7) is 7.05. The van der Waals surface area contributed by atoms with Gasteiger partial charge < -0.3 is 0 Å². The smallest absolute Gasteiger partial charge is 0.00879 e. The van der Waals surface area contributed by atoms with E-state index >= 15 is 0 Å². The van der Waals surface area contributed by atoms with E-state index in [-0.39, 0.29) is 0 Å². The van der Waals surface area contributed by atoms with Crippen molar-refractivity contribution < 1.29 is 0 Å². The normalized spacial score (nSPS) is 22.2. The Morgan fingerprint density at radius 2 is 1.69 bits per heavy atom. The van der Waals surface area contributed by atoms with Crippen LogP contribution in [-0.2, 0) is 0 Å². The summed E-state index contributed by atoms with van der Waals surface area (Å²) in [4.78, 5) is 0. The Kier molecular flexibility index (Phi) is 3.85. The average Bonchev–Trinajstić information content (AvgIpc) is 2.49. The summed E-state index contributed by atoms with van der Waals surface area (Å²) in [5.74, 6) is 0. The lowest BCUT2D eigenvalue weighted by molar-refractivity contribution is 0.247. The highest BCUT2D eigenvalue weighted by molar-refractivity contribution is 9.09. The van der Waals surface area contributed by atoms with E-state index < -0.39 is 0 Å². The minimum atomic E-state index is 0.512. The molecule has 78 valence electrons. The van der Waals surface area contributed by atoms with Crippen molar-refractivity contribution in [3.8, 4) is 0 Å². The molecule has 1 saturated carbocycles. The quantitative estimate of drug-likeness (QED) is 0.630. The minimum absolute atomic E-state index is 0.512. The van der Waals surface area contributed by atoms with Gasteiger partial charge in [0.25, 0.3) is 0 Å². The van der Waals surface area contributed by atoms with Crippen molar-refractivity contribution in [3.05, 3.63) is 0 Å². The molecular weight excluding hydrogens is 224 g/mol. The fourth-order valence-electron chi connectivity index (χ4n) is 2.22. The fourth-order valence-corrected chi connectivity index (χ4v) is 3.06. The van der Waals surface area contributed by atoms with E-state index in [0.29, 0.717) is 10.8 Å². The Morgan fingerprint density at radius 1 is 1.15 bits per heavy atom. The Labute approximate surface area is 91.6 Å². The monoisotopic (exact) mass is 246 g/mol. The van der Waals surface area contributed by atoms with Gasteiger partial charge in [0, 0.05) is 5.33 Å². The molecule has 0 heterocycles. The summed E-state index contributed by atoms with van der Waals surface area (Å²) in [6, 6.07) is 0. The molecule has 0 N–H and O–H groups in total. The van der Waals surface area contributed by atoms with Gasteiger partial charge >= 0.3 is 0 Å². The van der Waals surface area contributed by atoms with Crippen LogP contribution in [0.15, 0.2) is 0 Å². The zero-order valence-corrected chi connectivity index (χ0v) is 10.9. The molecule has 0 radical (unpaired) electrons. The highest BCUT2D eigenvalue weighted by Gasteiger charge is 2.33. The molecule has 1 heteroatoms. The summed E-state index contributed by atoms with van der Waals surface area (Å²) < 4.78 is 0. The van der Waals surface area contributed by atoms with E-state index in [0.717, 1.165) is 0 Å². The standard InChI is InChI=1S/C12H23Br/c1-11(2,3)8-9-12(10-13)6-4-5-7-12/h4-10H2,1-3H3. The van der Waals surface area contributed by atoms with Crippen LogP contribution in [0.25, 0.3) is 0 Å². The zero-order chi connectivity index (χ0) is 9.95. The second-order valence-electron chi connectivity index (χ2n) is 5.90. The first-order valence-electron chi connectivity index (χ1n) is 5.54. The maximum atomic E-state index is 3.70. The van der Waals surface area contributed by atoms with E-state index in [2.05, 4.69) is 36.7 Å². The van der Waals surface area contributed by atoms with Crippen molar-refractivity contribution in [2.45, 2.75) is 59.3 Å². The zero-order valence-electron chi connectivity index (χ0n) is 9.33. The van der Waals surface area contributed by atoms with Gasteiger partial charge in [0.05, 0.1) is 0 Å². The Bertz CT molecular complexity index is 149. The Hall–Kier alpha value is 0.480. The lowest BCUT2D eigenvalue weighted by atomic mass is 9.78. The van der Waals surface area contributed by atoms with Crippen molar-refractivity contribution in [1.82, 2.24) is 0 Å². The maximum absolute atomic E-state index is 3.70. The van der Waals surface area contributed by atoms with E-state index in [1.54, 1.807) is 0 Å². The first kappa shape index (κ1) is 11.6. The van der Waals surface area contributed by atoms with Crippen LogP contribution in [0.4, 0.5) is 0 Å². The lowest BCUT2D eigenvalue weighted by Crippen LogP contribution is -2.21. The molecule has 0 atom stereocenters. The third kappa shape index (κ3) is 3.61. The minimum Gasteiger partial charge on any atom is -0.0922 e. The summed E-state index contributed by atoms with van der Waals surface area (Å²) in [5.41, 5.74) is 1.17. The second kappa shape index (κ2) is 4.33. The van der Waals surface area contributed by atoms with E-state index in [4.69, 9.17) is 0 Å². The number of hydrogen-bond acceptors (Lipinski definition) is 0. The highest BCUT2D eigenvalue weighted by atomic mass is 79.9. The SMILES string of the molecule is CC(C)(C)CCC1(CBr)CCCC1. The molecule has 0 aliphatic heterocycles. The number of halogens is 1. The van der Waals surface area contributed by atoms with Crippen molar-refractivity contribution in [2.75, 3.05) is 5.33 Å². The number of hydrogen-bond donors (Lipinski definition) is 0. The number of rotatable bonds is 3. The summed E-state index contributed by atoms with van der Waals surface area (Å²) >= 11 is 3.70. The highest BCUT2D eigenvalue weighted by Crippen LogP contribution is 2.45. The molecule has 1 rings (SSSR count). The van der Waals surface area contributed by atoms with Gasteiger partial charge in [-0.25, -0.2) is 0 Å². The van der Waals surface area contributed by atoms with Crippen LogP contribution in [-0.4, -0.2) is 5.33 Å². The molecule has 1 aliphatic carbocycles. The van der Waals surface area contributed by atoms with Crippen LogP contribution in [0.2, 0.25) is 0 Å². The van der Waals surface area contributed by atoms with Gasteiger partial charge in [-0.15, -0.1) is 0 Å². The predicted octanol–water partition coefficient (Wildman–Crippen LogP) is 4.77. The van der Waals surface area contributed by atoms with Crippen molar-refractivity contribution in [1.29, 1.82) is 0 Å². The average molecular weight is 247 g/mol. The molecule has 0 nitrogen and oxygen atoms in total. The molecule has 0 amide bonds. The van der Waals surface area contributed by atoms with Crippen molar-refractivity contribution >= 4 is 15.9 Å². The van der Waals surface area contributed by atoms with Crippen molar-refractivity contribution in [2.24, 2.45) is 10.8 Å². The molecule has 0 bridgehead atoms. The largest absolute Gasteiger partial charge is 0.0922 e. The van der Waals surface area contributed by atoms with Gasteiger partial charge in [0.15, 0.2) is 0 Å². The molecule has 1 aliphatic rings. The van der Waals surface area contributed by atoms with Gasteiger partial charge in [-0.2, -0.15) is 0 Å². The van der Waals surface area contributed by atoms with E-state index in [1.807, 2.05) is 0 Å². The molecule has 0 unspecified atom stereocenters. The molecule has 0 spiro atoms. The van der Waals surface area contributed by atoms with Crippen LogP contribution < -0.4 is 0 Å². The first-order chi connectivity index (χ1) is 5.97. The van der Waals surface area contributed by atoms with Crippen LogP contribution in [0.3, 0.4) is 0 Å². The van der Waals surface area contributed by atoms with Crippen LogP contribution >= 0.6 is 15.9 Å². The Morgan fingerprint density at radius 3 is 2.08 bits per heavy atom. The first-order valence-corrected chi connectivity index (χ1v) is 6.66. The molecule has 0 aromatic rings. The molecule has 0 saturated heterocycles. The molecule has 13 heavy (non-hydrogen) atoms. The third-order valence-electron chi connectivity index (χ3n) is 3.35. The summed E-state index contributed by atoms with van der Waals surface area (Å²) in [7, 11) is 0. The van der Waals surface area contributed by atoms with Gasteiger partial charge in [0.2, 0.25) is 0 Å². The molecule has 1 fully saturated rings. The fraction of sp³-hybridized carbons (Fsp3) is 1.00. The van der Waals surface area contributed by atoms with Crippen LogP contribution in [0.5, 0.6) is 0 Å².